The molecule has 30 heavy (non-hydrogen) atoms. The molecule has 150 valence electrons. The van der Waals surface area contributed by atoms with Gasteiger partial charge in [0.25, 0.3) is 0 Å². The van der Waals surface area contributed by atoms with Gasteiger partial charge in [0.1, 0.15) is 17.9 Å². The van der Waals surface area contributed by atoms with Crippen molar-refractivity contribution in [3.05, 3.63) is 102 Å². The van der Waals surface area contributed by atoms with E-state index in [1.807, 2.05) is 54.6 Å². The van der Waals surface area contributed by atoms with Gasteiger partial charge in [-0.15, -0.1) is 0 Å². The Hall–Kier alpha value is -3.86. The number of para-hydroxylation sites is 2. The third-order valence-electron chi connectivity index (χ3n) is 4.72. The Labute approximate surface area is 173 Å². The summed E-state index contributed by atoms with van der Waals surface area (Å²) in [7, 11) is 0. The van der Waals surface area contributed by atoms with Gasteiger partial charge in [0.15, 0.2) is 6.10 Å². The third kappa shape index (κ3) is 4.10. The molecule has 4 aromatic rings. The van der Waals surface area contributed by atoms with Crippen LogP contribution in [-0.2, 0) is 11.3 Å². The Morgan fingerprint density at radius 3 is 2.23 bits per heavy atom. The molecular weight excluding hydrogens is 380 g/mol. The summed E-state index contributed by atoms with van der Waals surface area (Å²) in [5.41, 5.74) is 1.62. The molecule has 1 atom stereocenters. The highest BCUT2D eigenvalue weighted by atomic mass is 16.6. The standard InChI is InChI=1S/C25H20O5/c1-17(23(26)18-10-4-2-5-11-18)29-25(27)24-21(16-28-19-12-6-3-7-13-19)20-14-8-9-15-22(20)30-24/h2-15,17H,16H2,1H3. The van der Waals surface area contributed by atoms with Gasteiger partial charge in [0, 0.05) is 10.9 Å². The molecule has 0 N–H and O–H groups in total. The van der Waals surface area contributed by atoms with Crippen molar-refractivity contribution in [1.82, 2.24) is 0 Å². The van der Waals surface area contributed by atoms with Gasteiger partial charge >= 0.3 is 5.97 Å². The number of ketones is 1. The third-order valence-corrected chi connectivity index (χ3v) is 4.72. The quantitative estimate of drug-likeness (QED) is 0.305. The maximum atomic E-state index is 12.9. The Kier molecular flexibility index (Phi) is 5.61. The highest BCUT2D eigenvalue weighted by Gasteiger charge is 2.26. The van der Waals surface area contributed by atoms with Gasteiger partial charge in [-0.3, -0.25) is 4.79 Å². The van der Waals surface area contributed by atoms with E-state index >= 15 is 0 Å². The van der Waals surface area contributed by atoms with Crippen molar-refractivity contribution in [3.8, 4) is 5.75 Å². The monoisotopic (exact) mass is 400 g/mol. The van der Waals surface area contributed by atoms with E-state index in [1.165, 1.54) is 0 Å². The molecule has 0 aliphatic carbocycles. The zero-order valence-electron chi connectivity index (χ0n) is 16.4. The van der Waals surface area contributed by atoms with E-state index < -0.39 is 12.1 Å². The maximum absolute atomic E-state index is 12.9. The first-order chi connectivity index (χ1) is 14.6. The highest BCUT2D eigenvalue weighted by Crippen LogP contribution is 2.28. The number of benzene rings is 3. The number of hydrogen-bond donors (Lipinski definition) is 0. The first kappa shape index (κ1) is 19.5. The molecule has 1 unspecified atom stereocenters. The van der Waals surface area contributed by atoms with Crippen molar-refractivity contribution in [2.45, 2.75) is 19.6 Å². The molecule has 0 saturated carbocycles. The molecule has 0 bridgehead atoms. The summed E-state index contributed by atoms with van der Waals surface area (Å²) in [6.45, 7) is 1.68. The smallest absolute Gasteiger partial charge is 0.375 e. The van der Waals surface area contributed by atoms with Crippen LogP contribution in [0.3, 0.4) is 0 Å². The second kappa shape index (κ2) is 8.66. The van der Waals surface area contributed by atoms with Crippen molar-refractivity contribution in [2.24, 2.45) is 0 Å². The number of carbonyl (C=O) groups is 2. The Balaban J connectivity index is 1.58. The number of hydrogen-bond acceptors (Lipinski definition) is 5. The molecule has 1 aromatic heterocycles. The van der Waals surface area contributed by atoms with Crippen molar-refractivity contribution < 1.29 is 23.5 Å². The summed E-state index contributed by atoms with van der Waals surface area (Å²) < 4.78 is 17.0. The van der Waals surface area contributed by atoms with E-state index in [0.717, 1.165) is 5.39 Å². The van der Waals surface area contributed by atoms with E-state index in [0.29, 0.717) is 22.5 Å². The Morgan fingerprint density at radius 2 is 1.50 bits per heavy atom. The number of ether oxygens (including phenoxy) is 2. The van der Waals surface area contributed by atoms with Gasteiger partial charge in [-0.2, -0.15) is 0 Å². The van der Waals surface area contributed by atoms with Crippen LogP contribution in [-0.4, -0.2) is 17.9 Å². The molecule has 0 spiro atoms. The van der Waals surface area contributed by atoms with Crippen LogP contribution >= 0.6 is 0 Å². The molecule has 5 heteroatoms. The second-order valence-electron chi connectivity index (χ2n) is 6.79. The Morgan fingerprint density at radius 1 is 0.867 bits per heavy atom. The van der Waals surface area contributed by atoms with Crippen molar-refractivity contribution in [2.75, 3.05) is 0 Å². The minimum Gasteiger partial charge on any atom is -0.489 e. The molecule has 0 fully saturated rings. The predicted molar refractivity (Wildman–Crippen MR) is 113 cm³/mol. The second-order valence-corrected chi connectivity index (χ2v) is 6.79. The Bertz CT molecular complexity index is 1160. The van der Waals surface area contributed by atoms with Crippen LogP contribution in [0.5, 0.6) is 5.75 Å². The maximum Gasteiger partial charge on any atom is 0.375 e. The van der Waals surface area contributed by atoms with Crippen LogP contribution in [0.4, 0.5) is 0 Å². The van der Waals surface area contributed by atoms with Gasteiger partial charge in [-0.25, -0.2) is 4.79 Å². The lowest BCUT2D eigenvalue weighted by molar-refractivity contribution is 0.0288. The zero-order chi connectivity index (χ0) is 20.9. The lowest BCUT2D eigenvalue weighted by Gasteiger charge is -2.12. The highest BCUT2D eigenvalue weighted by molar-refractivity contribution is 6.02. The van der Waals surface area contributed by atoms with E-state index in [9.17, 15) is 9.59 Å². The fourth-order valence-corrected chi connectivity index (χ4v) is 3.18. The van der Waals surface area contributed by atoms with Crippen molar-refractivity contribution in [1.29, 1.82) is 0 Å². The first-order valence-electron chi connectivity index (χ1n) is 9.62. The summed E-state index contributed by atoms with van der Waals surface area (Å²) >= 11 is 0. The lowest BCUT2D eigenvalue weighted by atomic mass is 10.1. The van der Waals surface area contributed by atoms with Gasteiger partial charge < -0.3 is 13.9 Å². The van der Waals surface area contributed by atoms with Crippen LogP contribution in [0.1, 0.15) is 33.4 Å². The number of carbonyl (C=O) groups excluding carboxylic acids is 2. The molecule has 4 rings (SSSR count). The molecule has 1 heterocycles. The summed E-state index contributed by atoms with van der Waals surface area (Å²) in [6.07, 6.45) is -0.948. The molecule has 0 radical (unpaired) electrons. The predicted octanol–water partition coefficient (Wildman–Crippen LogP) is 5.44. The number of rotatable bonds is 7. The molecule has 0 aliphatic rings. The number of fused-ring (bicyclic) bond motifs is 1. The molecular formula is C25H20O5. The number of furan rings is 1. The first-order valence-corrected chi connectivity index (χ1v) is 9.62. The zero-order valence-corrected chi connectivity index (χ0v) is 16.4. The van der Waals surface area contributed by atoms with E-state index in [2.05, 4.69) is 0 Å². The van der Waals surface area contributed by atoms with Crippen LogP contribution in [0, 0.1) is 0 Å². The van der Waals surface area contributed by atoms with Gasteiger partial charge in [-0.1, -0.05) is 66.7 Å². The number of Topliss-reactive ketones (excluding diaryl/α,β-unsaturated/α-hetero) is 1. The average Bonchev–Trinajstić information content (AvgIpc) is 3.17. The topological polar surface area (TPSA) is 65.7 Å². The molecule has 0 amide bonds. The van der Waals surface area contributed by atoms with Crippen LogP contribution in [0.15, 0.2) is 89.3 Å². The summed E-state index contributed by atoms with van der Waals surface area (Å²) in [5.74, 6) is -0.258. The van der Waals surface area contributed by atoms with Crippen LogP contribution in [0.2, 0.25) is 0 Å². The summed E-state index contributed by atoms with van der Waals surface area (Å²) in [4.78, 5) is 25.4. The van der Waals surface area contributed by atoms with Gasteiger partial charge in [-0.05, 0) is 25.1 Å². The molecule has 3 aromatic carbocycles. The average molecular weight is 400 g/mol. The molecule has 5 nitrogen and oxygen atoms in total. The molecule has 0 saturated heterocycles. The van der Waals surface area contributed by atoms with Crippen LogP contribution < -0.4 is 4.74 Å². The fraction of sp³-hybridized carbons (Fsp3) is 0.120. The van der Waals surface area contributed by atoms with E-state index in [-0.39, 0.29) is 18.2 Å². The minimum atomic E-state index is -0.948. The number of esters is 1. The van der Waals surface area contributed by atoms with Crippen LogP contribution in [0.25, 0.3) is 11.0 Å². The molecule has 0 aliphatic heterocycles. The van der Waals surface area contributed by atoms with E-state index in [4.69, 9.17) is 13.9 Å². The minimum absolute atomic E-state index is 0.0415. The van der Waals surface area contributed by atoms with Crippen molar-refractivity contribution in [3.63, 3.8) is 0 Å². The normalized spacial score (nSPS) is 11.8. The fourth-order valence-electron chi connectivity index (χ4n) is 3.18. The SMILES string of the molecule is CC(OC(=O)c1oc2ccccc2c1COc1ccccc1)C(=O)c1ccccc1. The van der Waals surface area contributed by atoms with Gasteiger partial charge in [0.2, 0.25) is 11.5 Å². The van der Waals surface area contributed by atoms with Gasteiger partial charge in [0.05, 0.1) is 5.56 Å². The van der Waals surface area contributed by atoms with E-state index in [1.54, 1.807) is 37.3 Å². The largest absolute Gasteiger partial charge is 0.489 e. The summed E-state index contributed by atoms with van der Waals surface area (Å²) in [6, 6.07) is 25.3. The lowest BCUT2D eigenvalue weighted by Crippen LogP contribution is -2.24. The van der Waals surface area contributed by atoms with Crippen molar-refractivity contribution >= 4 is 22.7 Å². The summed E-state index contributed by atoms with van der Waals surface area (Å²) in [5, 5.41) is 0.766.